The van der Waals surface area contributed by atoms with Crippen LogP contribution in [0.15, 0.2) is 40.9 Å². The monoisotopic (exact) mass is 265 g/mol. The number of rotatable bonds is 2. The second kappa shape index (κ2) is 4.48. The lowest BCUT2D eigenvalue weighted by atomic mass is 10.2. The number of benzene rings is 1. The number of para-hydroxylation sites is 1. The third kappa shape index (κ3) is 1.87. The maximum atomic E-state index is 11.1. The van der Waals surface area contributed by atoms with Gasteiger partial charge in [0.1, 0.15) is 22.8 Å². The standard InChI is InChI=1S/C14H7N3O3/c15-6-8-4-5-11(16-7-8)13-17-10-3-1-2-9(14(18)19)12(10)20-13/h1-5,7H,(H,18,19). The summed E-state index contributed by atoms with van der Waals surface area (Å²) in [5, 5.41) is 17.8. The molecule has 0 bridgehead atoms. The lowest BCUT2D eigenvalue weighted by Gasteiger charge is -1.94. The summed E-state index contributed by atoms with van der Waals surface area (Å²) in [5.41, 5.74) is 1.58. The highest BCUT2D eigenvalue weighted by Crippen LogP contribution is 2.25. The van der Waals surface area contributed by atoms with E-state index in [9.17, 15) is 4.79 Å². The van der Waals surface area contributed by atoms with Crippen LogP contribution in [-0.4, -0.2) is 21.0 Å². The van der Waals surface area contributed by atoms with Crippen LogP contribution in [0.1, 0.15) is 15.9 Å². The molecule has 0 radical (unpaired) electrons. The lowest BCUT2D eigenvalue weighted by molar-refractivity contribution is 0.0698. The van der Waals surface area contributed by atoms with Crippen molar-refractivity contribution in [2.45, 2.75) is 0 Å². The summed E-state index contributed by atoms with van der Waals surface area (Å²) in [6, 6.07) is 9.88. The van der Waals surface area contributed by atoms with Gasteiger partial charge in [-0.05, 0) is 24.3 Å². The van der Waals surface area contributed by atoms with Crippen molar-refractivity contribution in [1.29, 1.82) is 5.26 Å². The number of carbonyl (C=O) groups is 1. The molecule has 3 aromatic rings. The molecule has 0 saturated heterocycles. The molecule has 1 N–H and O–H groups in total. The van der Waals surface area contributed by atoms with E-state index in [2.05, 4.69) is 9.97 Å². The highest BCUT2D eigenvalue weighted by atomic mass is 16.4. The number of aromatic nitrogens is 2. The number of carboxylic acids is 1. The van der Waals surface area contributed by atoms with Crippen molar-refractivity contribution in [2.75, 3.05) is 0 Å². The van der Waals surface area contributed by atoms with Crippen molar-refractivity contribution in [2.24, 2.45) is 0 Å². The molecule has 0 amide bonds. The number of hydrogen-bond donors (Lipinski definition) is 1. The molecule has 2 aromatic heterocycles. The number of oxazole rings is 1. The predicted molar refractivity (Wildman–Crippen MR) is 68.9 cm³/mol. The van der Waals surface area contributed by atoms with Gasteiger partial charge in [-0.3, -0.25) is 0 Å². The van der Waals surface area contributed by atoms with Crippen LogP contribution in [0.5, 0.6) is 0 Å². The quantitative estimate of drug-likeness (QED) is 0.763. The SMILES string of the molecule is N#Cc1ccc(-c2nc3cccc(C(=O)O)c3o2)nc1. The van der Waals surface area contributed by atoms with E-state index in [1.807, 2.05) is 6.07 Å². The van der Waals surface area contributed by atoms with Crippen molar-refractivity contribution in [3.63, 3.8) is 0 Å². The number of pyridine rings is 1. The van der Waals surface area contributed by atoms with Gasteiger partial charge in [-0.25, -0.2) is 14.8 Å². The molecule has 3 rings (SSSR count). The zero-order valence-electron chi connectivity index (χ0n) is 10.1. The van der Waals surface area contributed by atoms with Crippen LogP contribution in [0, 0.1) is 11.3 Å². The Morgan fingerprint density at radius 3 is 2.80 bits per heavy atom. The summed E-state index contributed by atoms with van der Waals surface area (Å²) in [7, 11) is 0. The smallest absolute Gasteiger partial charge is 0.339 e. The molecule has 0 unspecified atom stereocenters. The molecular weight excluding hydrogens is 258 g/mol. The van der Waals surface area contributed by atoms with Gasteiger partial charge in [0.05, 0.1) is 5.56 Å². The first kappa shape index (κ1) is 11.9. The molecular formula is C14H7N3O3. The van der Waals surface area contributed by atoms with Gasteiger partial charge >= 0.3 is 5.97 Å². The largest absolute Gasteiger partial charge is 0.478 e. The Morgan fingerprint density at radius 2 is 2.15 bits per heavy atom. The number of hydrogen-bond acceptors (Lipinski definition) is 5. The van der Waals surface area contributed by atoms with Gasteiger partial charge in [-0.15, -0.1) is 0 Å². The van der Waals surface area contributed by atoms with Crippen molar-refractivity contribution in [1.82, 2.24) is 9.97 Å². The van der Waals surface area contributed by atoms with Gasteiger partial charge in [-0.1, -0.05) is 6.07 Å². The third-order valence-corrected chi connectivity index (χ3v) is 2.76. The normalized spacial score (nSPS) is 10.3. The zero-order chi connectivity index (χ0) is 14.1. The summed E-state index contributed by atoms with van der Waals surface area (Å²) >= 11 is 0. The first-order valence-electron chi connectivity index (χ1n) is 5.68. The topological polar surface area (TPSA) is 100 Å². The van der Waals surface area contributed by atoms with E-state index in [0.29, 0.717) is 16.8 Å². The summed E-state index contributed by atoms with van der Waals surface area (Å²) in [5.74, 6) is -0.857. The summed E-state index contributed by atoms with van der Waals surface area (Å²) in [6.07, 6.45) is 1.41. The van der Waals surface area contributed by atoms with E-state index in [0.717, 1.165) is 0 Å². The average Bonchev–Trinajstić information content (AvgIpc) is 2.90. The first-order chi connectivity index (χ1) is 9.69. The lowest BCUT2D eigenvalue weighted by Crippen LogP contribution is -1.95. The average molecular weight is 265 g/mol. The molecule has 1 aromatic carbocycles. The van der Waals surface area contributed by atoms with Crippen LogP contribution in [0.25, 0.3) is 22.7 Å². The molecule has 0 saturated carbocycles. The van der Waals surface area contributed by atoms with E-state index in [-0.39, 0.29) is 17.0 Å². The van der Waals surface area contributed by atoms with Crippen molar-refractivity contribution in [3.05, 3.63) is 47.7 Å². The summed E-state index contributed by atoms with van der Waals surface area (Å²) < 4.78 is 5.48. The van der Waals surface area contributed by atoms with Gasteiger partial charge in [-0.2, -0.15) is 5.26 Å². The summed E-state index contributed by atoms with van der Waals surface area (Å²) in [4.78, 5) is 19.4. The Bertz CT molecular complexity index is 844. The van der Waals surface area contributed by atoms with Crippen LogP contribution in [0.4, 0.5) is 0 Å². The van der Waals surface area contributed by atoms with Gasteiger partial charge in [0, 0.05) is 6.20 Å². The molecule has 2 heterocycles. The van der Waals surface area contributed by atoms with E-state index in [1.54, 1.807) is 24.3 Å². The third-order valence-electron chi connectivity index (χ3n) is 2.76. The minimum absolute atomic E-state index is 0.0508. The highest BCUT2D eigenvalue weighted by Gasteiger charge is 2.15. The minimum atomic E-state index is -1.08. The number of nitrogens with zero attached hydrogens (tertiary/aromatic N) is 3. The van der Waals surface area contributed by atoms with Crippen molar-refractivity contribution >= 4 is 17.1 Å². The van der Waals surface area contributed by atoms with E-state index in [4.69, 9.17) is 14.8 Å². The fourth-order valence-electron chi connectivity index (χ4n) is 1.81. The molecule has 96 valence electrons. The molecule has 0 spiro atoms. The Morgan fingerprint density at radius 1 is 1.30 bits per heavy atom. The highest BCUT2D eigenvalue weighted by molar-refractivity contribution is 6.00. The molecule has 0 fully saturated rings. The second-order valence-electron chi connectivity index (χ2n) is 4.02. The molecule has 0 aliphatic heterocycles. The van der Waals surface area contributed by atoms with E-state index < -0.39 is 5.97 Å². The minimum Gasteiger partial charge on any atom is -0.478 e. The summed E-state index contributed by atoms with van der Waals surface area (Å²) in [6.45, 7) is 0. The molecule has 6 nitrogen and oxygen atoms in total. The Labute approximate surface area is 112 Å². The Hall–Kier alpha value is -3.20. The van der Waals surface area contributed by atoms with Gasteiger partial charge in [0.15, 0.2) is 5.58 Å². The van der Waals surface area contributed by atoms with Crippen molar-refractivity contribution < 1.29 is 14.3 Å². The Kier molecular flexibility index (Phi) is 2.66. The van der Waals surface area contributed by atoms with Gasteiger partial charge < -0.3 is 9.52 Å². The fraction of sp³-hybridized carbons (Fsp3) is 0. The predicted octanol–water partition coefficient (Wildman–Crippen LogP) is 2.46. The second-order valence-corrected chi connectivity index (χ2v) is 4.02. The maximum Gasteiger partial charge on any atom is 0.339 e. The van der Waals surface area contributed by atoms with Gasteiger partial charge in [0.2, 0.25) is 5.89 Å². The van der Waals surface area contributed by atoms with Gasteiger partial charge in [0.25, 0.3) is 0 Å². The molecule has 0 aliphatic rings. The number of carboxylic acid groups (broad SMARTS) is 1. The zero-order valence-corrected chi connectivity index (χ0v) is 10.1. The van der Waals surface area contributed by atoms with Crippen LogP contribution in [0.2, 0.25) is 0 Å². The molecule has 6 heteroatoms. The molecule has 20 heavy (non-hydrogen) atoms. The molecule has 0 aliphatic carbocycles. The number of fused-ring (bicyclic) bond motifs is 1. The van der Waals surface area contributed by atoms with Crippen LogP contribution in [-0.2, 0) is 0 Å². The van der Waals surface area contributed by atoms with Crippen LogP contribution >= 0.6 is 0 Å². The van der Waals surface area contributed by atoms with Crippen LogP contribution < -0.4 is 0 Å². The first-order valence-corrected chi connectivity index (χ1v) is 5.68. The van der Waals surface area contributed by atoms with Crippen molar-refractivity contribution in [3.8, 4) is 17.7 Å². The number of nitriles is 1. The van der Waals surface area contributed by atoms with E-state index >= 15 is 0 Å². The number of aromatic carboxylic acids is 1. The fourth-order valence-corrected chi connectivity index (χ4v) is 1.81. The molecule has 0 atom stereocenters. The maximum absolute atomic E-state index is 11.1. The Balaban J connectivity index is 2.15. The van der Waals surface area contributed by atoms with E-state index in [1.165, 1.54) is 12.3 Å². The van der Waals surface area contributed by atoms with Crippen LogP contribution in [0.3, 0.4) is 0 Å².